The zero-order valence-electron chi connectivity index (χ0n) is 16.7. The molecule has 0 aliphatic carbocycles. The third-order valence-electron chi connectivity index (χ3n) is 4.14. The summed E-state index contributed by atoms with van der Waals surface area (Å²) in [5.74, 6) is 0.212. The Morgan fingerprint density at radius 3 is 2.20 bits per heavy atom. The van der Waals surface area contributed by atoms with E-state index in [-0.39, 0.29) is 23.9 Å². The monoisotopic (exact) mass is 406 g/mol. The van der Waals surface area contributed by atoms with Gasteiger partial charge in [0.2, 0.25) is 11.8 Å². The van der Waals surface area contributed by atoms with Gasteiger partial charge in [0, 0.05) is 29.9 Å². The third-order valence-corrected chi connectivity index (χ3v) is 4.14. The third kappa shape index (κ3) is 5.54. The van der Waals surface area contributed by atoms with Gasteiger partial charge in [0.15, 0.2) is 0 Å². The van der Waals surface area contributed by atoms with E-state index in [4.69, 9.17) is 4.74 Å². The van der Waals surface area contributed by atoms with Gasteiger partial charge in [-0.1, -0.05) is 0 Å². The molecule has 0 atom stereocenters. The maximum Gasteiger partial charge on any atom is 0.254 e. The Kier molecular flexibility index (Phi) is 6.59. The summed E-state index contributed by atoms with van der Waals surface area (Å²) in [6.45, 7) is 3.74. The number of anilines is 2. The van der Waals surface area contributed by atoms with Crippen molar-refractivity contribution in [3.63, 3.8) is 0 Å². The van der Waals surface area contributed by atoms with Crippen molar-refractivity contribution in [1.82, 2.24) is 9.55 Å². The molecule has 1 aromatic heterocycles. The van der Waals surface area contributed by atoms with Gasteiger partial charge in [-0.3, -0.25) is 19.0 Å². The molecule has 1 heterocycles. The van der Waals surface area contributed by atoms with Crippen LogP contribution in [0, 0.1) is 0 Å². The Labute approximate surface area is 173 Å². The molecule has 0 fully saturated rings. The van der Waals surface area contributed by atoms with Crippen molar-refractivity contribution in [2.24, 2.45) is 0 Å². The molecular formula is C22H22N4O4. The maximum absolute atomic E-state index is 12.4. The molecule has 0 saturated heterocycles. The number of ether oxygens (including phenoxy) is 1. The average molecular weight is 406 g/mol. The summed E-state index contributed by atoms with van der Waals surface area (Å²) in [7, 11) is 0. The van der Waals surface area contributed by atoms with Gasteiger partial charge < -0.3 is 15.4 Å². The molecule has 3 rings (SSSR count). The molecule has 0 radical (unpaired) electrons. The van der Waals surface area contributed by atoms with Crippen molar-refractivity contribution in [3.05, 3.63) is 71.3 Å². The Hall–Kier alpha value is -3.94. The van der Waals surface area contributed by atoms with Gasteiger partial charge in [-0.25, -0.2) is 4.98 Å². The van der Waals surface area contributed by atoms with Gasteiger partial charge in [0.05, 0.1) is 18.6 Å². The summed E-state index contributed by atoms with van der Waals surface area (Å²) in [5, 5.41) is 5.36. The van der Waals surface area contributed by atoms with Gasteiger partial charge in [0.25, 0.3) is 5.56 Å². The molecule has 0 unspecified atom stereocenters. The lowest BCUT2D eigenvalue weighted by atomic mass is 10.1. The number of nitrogens with zero attached hydrogens (tertiary/aromatic N) is 2. The zero-order valence-corrected chi connectivity index (χ0v) is 16.7. The van der Waals surface area contributed by atoms with Crippen LogP contribution < -0.4 is 20.9 Å². The van der Waals surface area contributed by atoms with E-state index in [9.17, 15) is 14.4 Å². The van der Waals surface area contributed by atoms with Crippen molar-refractivity contribution in [2.75, 3.05) is 17.2 Å². The summed E-state index contributed by atoms with van der Waals surface area (Å²) in [4.78, 5) is 40.0. The molecular weight excluding hydrogens is 384 g/mol. The second kappa shape index (κ2) is 9.51. The van der Waals surface area contributed by atoms with Gasteiger partial charge >= 0.3 is 0 Å². The number of nitrogens with one attached hydrogen (secondary N) is 2. The predicted octanol–water partition coefficient (Wildman–Crippen LogP) is 2.91. The van der Waals surface area contributed by atoms with Crippen LogP contribution in [0.15, 0.2) is 65.7 Å². The summed E-state index contributed by atoms with van der Waals surface area (Å²) in [6.07, 6.45) is 1.35. The van der Waals surface area contributed by atoms with E-state index in [0.29, 0.717) is 23.7 Å². The molecule has 8 heteroatoms. The Balaban J connectivity index is 1.64. The quantitative estimate of drug-likeness (QED) is 0.628. The van der Waals surface area contributed by atoms with Crippen LogP contribution in [0.3, 0.4) is 0 Å². The first-order valence-electron chi connectivity index (χ1n) is 9.42. The minimum Gasteiger partial charge on any atom is -0.494 e. The molecule has 8 nitrogen and oxygen atoms in total. The topological polar surface area (TPSA) is 102 Å². The fraction of sp³-hybridized carbons (Fsp3) is 0.182. The van der Waals surface area contributed by atoms with E-state index < -0.39 is 0 Å². The minimum absolute atomic E-state index is 0.164. The Morgan fingerprint density at radius 2 is 1.63 bits per heavy atom. The van der Waals surface area contributed by atoms with Crippen molar-refractivity contribution in [1.29, 1.82) is 0 Å². The minimum atomic E-state index is -0.361. The number of carbonyl (C=O) groups is 2. The summed E-state index contributed by atoms with van der Waals surface area (Å²) in [5.41, 5.74) is 2.16. The van der Waals surface area contributed by atoms with Crippen LogP contribution in [-0.2, 0) is 16.1 Å². The van der Waals surface area contributed by atoms with Crippen LogP contribution in [0.5, 0.6) is 5.75 Å². The standard InChI is InChI=1S/C22H22N4O4/c1-3-30-19-10-4-16(5-11-19)20-12-22(29)26(14-23-20)13-21(28)25-18-8-6-17(7-9-18)24-15(2)27/h4-12,14H,3,13H2,1-2H3,(H,24,27)(H,25,28). The van der Waals surface area contributed by atoms with Gasteiger partial charge in [-0.15, -0.1) is 0 Å². The molecule has 154 valence electrons. The van der Waals surface area contributed by atoms with Gasteiger partial charge in [-0.05, 0) is 55.5 Å². The molecule has 2 N–H and O–H groups in total. The van der Waals surface area contributed by atoms with Crippen LogP contribution in [-0.4, -0.2) is 28.0 Å². The summed E-state index contributed by atoms with van der Waals surface area (Å²) in [6, 6.07) is 15.4. The second-order valence-corrected chi connectivity index (χ2v) is 6.50. The zero-order chi connectivity index (χ0) is 21.5. The fourth-order valence-electron chi connectivity index (χ4n) is 2.79. The molecule has 0 aliphatic rings. The van der Waals surface area contributed by atoms with Crippen molar-refractivity contribution in [2.45, 2.75) is 20.4 Å². The van der Waals surface area contributed by atoms with Crippen LogP contribution in [0.2, 0.25) is 0 Å². The van der Waals surface area contributed by atoms with Crippen molar-refractivity contribution in [3.8, 4) is 17.0 Å². The number of hydrogen-bond acceptors (Lipinski definition) is 5. The Bertz CT molecular complexity index is 1090. The molecule has 0 saturated carbocycles. The first kappa shape index (κ1) is 20.8. The lowest BCUT2D eigenvalue weighted by Crippen LogP contribution is -2.27. The smallest absolute Gasteiger partial charge is 0.254 e. The van der Waals surface area contributed by atoms with Crippen LogP contribution in [0.1, 0.15) is 13.8 Å². The van der Waals surface area contributed by atoms with E-state index in [1.165, 1.54) is 23.9 Å². The van der Waals surface area contributed by atoms with Crippen LogP contribution in [0.4, 0.5) is 11.4 Å². The van der Waals surface area contributed by atoms with E-state index >= 15 is 0 Å². The van der Waals surface area contributed by atoms with Crippen molar-refractivity contribution < 1.29 is 14.3 Å². The summed E-state index contributed by atoms with van der Waals surface area (Å²) >= 11 is 0. The number of aromatic nitrogens is 2. The van der Waals surface area contributed by atoms with Crippen LogP contribution in [0.25, 0.3) is 11.3 Å². The van der Waals surface area contributed by atoms with E-state index in [0.717, 1.165) is 11.3 Å². The molecule has 3 aromatic rings. The number of carbonyl (C=O) groups excluding carboxylic acids is 2. The van der Waals surface area contributed by atoms with Gasteiger partial charge in [0.1, 0.15) is 12.3 Å². The molecule has 0 aliphatic heterocycles. The fourth-order valence-corrected chi connectivity index (χ4v) is 2.79. The first-order valence-corrected chi connectivity index (χ1v) is 9.42. The van der Waals surface area contributed by atoms with Gasteiger partial charge in [-0.2, -0.15) is 0 Å². The maximum atomic E-state index is 12.4. The first-order chi connectivity index (χ1) is 14.4. The summed E-state index contributed by atoms with van der Waals surface area (Å²) < 4.78 is 6.64. The lowest BCUT2D eigenvalue weighted by Gasteiger charge is -2.09. The highest BCUT2D eigenvalue weighted by molar-refractivity contribution is 5.92. The number of amides is 2. The molecule has 0 spiro atoms. The SMILES string of the molecule is CCOc1ccc(-c2cc(=O)n(CC(=O)Nc3ccc(NC(C)=O)cc3)cn2)cc1. The molecule has 30 heavy (non-hydrogen) atoms. The normalized spacial score (nSPS) is 10.3. The number of hydrogen-bond donors (Lipinski definition) is 2. The largest absolute Gasteiger partial charge is 0.494 e. The van der Waals surface area contributed by atoms with E-state index in [1.54, 1.807) is 24.3 Å². The number of benzene rings is 2. The van der Waals surface area contributed by atoms with E-state index in [2.05, 4.69) is 15.6 Å². The average Bonchev–Trinajstić information content (AvgIpc) is 2.71. The molecule has 0 bridgehead atoms. The highest BCUT2D eigenvalue weighted by Gasteiger charge is 2.08. The van der Waals surface area contributed by atoms with Crippen molar-refractivity contribution >= 4 is 23.2 Å². The highest BCUT2D eigenvalue weighted by atomic mass is 16.5. The molecule has 2 aromatic carbocycles. The predicted molar refractivity (Wildman–Crippen MR) is 114 cm³/mol. The lowest BCUT2D eigenvalue weighted by molar-refractivity contribution is -0.117. The Morgan fingerprint density at radius 1 is 1.00 bits per heavy atom. The highest BCUT2D eigenvalue weighted by Crippen LogP contribution is 2.19. The van der Waals surface area contributed by atoms with E-state index in [1.807, 2.05) is 31.2 Å². The van der Waals surface area contributed by atoms with Crippen LogP contribution >= 0.6 is 0 Å². The molecule has 2 amide bonds. The number of rotatable bonds is 7. The second-order valence-electron chi connectivity index (χ2n) is 6.50.